The molecule has 0 aliphatic carbocycles. The van der Waals surface area contributed by atoms with E-state index in [2.05, 4.69) is 562 Å². The number of nitrogens with zero attached hydrogens (tertiary/aromatic N) is 10. The molecule has 4 aliphatic heterocycles. The highest BCUT2D eigenvalue weighted by Crippen LogP contribution is 2.52. The van der Waals surface area contributed by atoms with Crippen LogP contribution in [0.15, 0.2) is 535 Å². The average molecular weight is 1940 g/mol. The predicted molar refractivity (Wildman–Crippen MR) is 621 cm³/mol. The first kappa shape index (κ1) is 88.4. The molecule has 0 saturated carbocycles. The largest absolute Gasteiger partial charge is 0.311 e. The summed E-state index contributed by atoms with van der Waals surface area (Å²) in [5, 5.41) is 16.0. The highest BCUT2D eigenvalue weighted by molar-refractivity contribution is 7.22. The third kappa shape index (κ3) is 14.8. The van der Waals surface area contributed by atoms with Crippen molar-refractivity contribution < 1.29 is 0 Å². The summed E-state index contributed by atoms with van der Waals surface area (Å²) in [5.74, 6) is 0. The van der Waals surface area contributed by atoms with Crippen LogP contribution >= 0.6 is 0 Å². The maximum atomic E-state index is 5.26. The van der Waals surface area contributed by atoms with Gasteiger partial charge in [0.1, 0.15) is 16.1 Å². The van der Waals surface area contributed by atoms with E-state index in [4.69, 9.17) is 4.98 Å². The van der Waals surface area contributed by atoms with Gasteiger partial charge in [-0.2, -0.15) is 0 Å². The first-order chi connectivity index (χ1) is 71.9. The van der Waals surface area contributed by atoms with Crippen molar-refractivity contribution in [3.63, 3.8) is 0 Å². The van der Waals surface area contributed by atoms with Gasteiger partial charge in [0, 0.05) is 117 Å². The summed E-state index contributed by atoms with van der Waals surface area (Å²) >= 11 is 0. The van der Waals surface area contributed by atoms with Crippen LogP contribution in [0.3, 0.4) is 0 Å². The Labute approximate surface area is 856 Å². The summed E-state index contributed by atoms with van der Waals surface area (Å²) < 4.78 is 0. The van der Waals surface area contributed by atoms with Crippen molar-refractivity contribution in [2.45, 2.75) is 26.2 Å². The van der Waals surface area contributed by atoms with Gasteiger partial charge < -0.3 is 29.4 Å². The smallest absolute Gasteiger partial charge is 0.184 e. The number of para-hydroxylation sites is 8. The molecule has 10 nitrogen and oxygen atoms in total. The molecule has 0 bridgehead atoms. The first-order valence-corrected chi connectivity index (χ1v) is 60.2. The van der Waals surface area contributed by atoms with Crippen LogP contribution in [0.1, 0.15) is 0 Å². The van der Waals surface area contributed by atoms with Crippen LogP contribution in [0.4, 0.5) is 102 Å². The van der Waals surface area contributed by atoms with E-state index in [0.717, 1.165) is 135 Å². The van der Waals surface area contributed by atoms with Crippen molar-refractivity contribution in [3.8, 4) is 55.8 Å². The van der Waals surface area contributed by atoms with Crippen molar-refractivity contribution in [1.82, 2.24) is 19.9 Å². The number of hydrogen-bond donors (Lipinski definition) is 0. The summed E-state index contributed by atoms with van der Waals surface area (Å²) in [6.07, 6.45) is 13.2. The van der Waals surface area contributed by atoms with E-state index in [1.54, 1.807) is 0 Å². The van der Waals surface area contributed by atoms with Gasteiger partial charge in [-0.1, -0.05) is 336 Å². The molecule has 0 fully saturated rings. The molecule has 0 amide bonds. The molecule has 18 aromatic carbocycles. The van der Waals surface area contributed by atoms with Gasteiger partial charge in [-0.25, -0.2) is 0 Å². The minimum absolute atomic E-state index is 0.884. The second kappa shape index (κ2) is 36.3. The van der Waals surface area contributed by atoms with Crippen LogP contribution < -0.4 is 91.6 Å². The predicted octanol–water partition coefficient (Wildman–Crippen LogP) is 26.1. The lowest BCUT2D eigenvalue weighted by atomic mass is 10.0. The second-order valence-electron chi connectivity index (χ2n) is 39.3. The number of anilines is 18. The molecular weight excluding hydrogens is 1840 g/mol. The summed E-state index contributed by atoms with van der Waals surface area (Å²) in [5.41, 5.74) is 30.3. The zero-order chi connectivity index (χ0) is 97.6. The zero-order valence-electron chi connectivity index (χ0n) is 81.3. The quantitative estimate of drug-likeness (QED) is 0.0731. The SMILES string of the molecule is C[Si]1(C)c2ccccc2N(c2cc(N(c3ccc(-c4ccncc4)cc3)c3ccc(-c4ccnc(-c5ccc([Si]6(c7ccccc7)c7ccccc7N(c7cc(N(c8ccc(-c9ccncc9)cc8)c8ccc(-c9ccncc9)cc8)cc(N8c9ccccc9[Si](c9ccccc9)(c9ccccc9)c9ccccc98)c7)c7ccccc76)cc5)c4)cc3)cc(N3c4ccccc4[Si](C)(C)c4ccccc43)c2)c2ccccc21. The molecule has 0 atom stereocenters. The zero-order valence-corrected chi connectivity index (χ0v) is 85.3. The van der Waals surface area contributed by atoms with Gasteiger partial charge in [-0.15, -0.1) is 0 Å². The molecule has 0 N–H and O–H groups in total. The molecule has 4 aromatic heterocycles. The van der Waals surface area contributed by atoms with E-state index in [1.165, 1.54) is 85.0 Å². The molecule has 0 radical (unpaired) electrons. The van der Waals surface area contributed by atoms with E-state index in [0.29, 0.717) is 0 Å². The van der Waals surface area contributed by atoms with Crippen molar-refractivity contribution in [2.75, 3.05) is 29.4 Å². The van der Waals surface area contributed by atoms with Crippen LogP contribution in [0.5, 0.6) is 0 Å². The molecule has 146 heavy (non-hydrogen) atoms. The van der Waals surface area contributed by atoms with Gasteiger partial charge in [0.05, 0.1) is 39.8 Å². The van der Waals surface area contributed by atoms with E-state index in [1.807, 2.05) is 43.4 Å². The number of hydrogen-bond acceptors (Lipinski definition) is 10. The normalized spacial score (nSPS) is 13.9. The fourth-order valence-electron chi connectivity index (χ4n) is 23.9. The monoisotopic (exact) mass is 1940 g/mol. The Morgan fingerprint density at radius 1 is 0.171 bits per heavy atom. The molecular formula is C132H100N10Si4. The number of pyridine rings is 4. The van der Waals surface area contributed by atoms with E-state index in [9.17, 15) is 0 Å². The van der Waals surface area contributed by atoms with Crippen LogP contribution in [0.2, 0.25) is 26.2 Å². The third-order valence-electron chi connectivity index (χ3n) is 30.7. The molecule has 26 rings (SSSR count). The summed E-state index contributed by atoms with van der Waals surface area (Å²) in [6, 6.07) is 185. The van der Waals surface area contributed by atoms with Crippen LogP contribution in [-0.4, -0.2) is 52.2 Å². The second-order valence-corrected chi connectivity index (χ2v) is 55.4. The number of fused-ring (bicyclic) bond motifs is 8. The highest BCUT2D eigenvalue weighted by atomic mass is 28.3. The number of rotatable bonds is 19. The van der Waals surface area contributed by atoms with Crippen molar-refractivity contribution in [3.05, 3.63) is 535 Å². The Morgan fingerprint density at radius 3 is 0.658 bits per heavy atom. The lowest BCUT2D eigenvalue weighted by Crippen LogP contribution is -2.77. The highest BCUT2D eigenvalue weighted by Gasteiger charge is 2.52. The minimum atomic E-state index is -3.34. The molecule has 4 aliphatic rings. The van der Waals surface area contributed by atoms with Gasteiger partial charge in [0.25, 0.3) is 0 Å². The van der Waals surface area contributed by atoms with Crippen LogP contribution in [-0.2, 0) is 0 Å². The molecule has 8 heterocycles. The van der Waals surface area contributed by atoms with Gasteiger partial charge >= 0.3 is 0 Å². The van der Waals surface area contributed by atoms with Crippen molar-refractivity contribution >= 4 is 197 Å². The maximum absolute atomic E-state index is 5.26. The summed E-state index contributed by atoms with van der Waals surface area (Å²) in [6.45, 7) is 10.0. The minimum Gasteiger partial charge on any atom is -0.311 e. The van der Waals surface area contributed by atoms with Crippen LogP contribution in [0, 0.1) is 0 Å². The number of aromatic nitrogens is 4. The average Bonchev–Trinajstić information content (AvgIpc) is 0.690. The van der Waals surface area contributed by atoms with Crippen LogP contribution in [0.25, 0.3) is 55.8 Å². The molecule has 694 valence electrons. The standard InChI is InChI=1S/C132H100N10Si4/c1-143(2)125-44-22-14-36-117(125)139(118-37-15-23-45-126(118)143)108-87-106(88-109(91-108)140-119-38-16-24-46-127(119)144(3,4)128-47-25-17-39-120(128)140)138(104-66-56-95(57-67-104)99-76-83-135-84-77-99)105-68-58-96(59-69-105)101-78-85-136-116(86-101)100-60-70-115(71-61-100)146(114-34-12-7-13-35-114)131-50-28-20-42-123(131)142(124-43-21-29-51-132(124)146)111-90-107(137(102-62-52-93(53-63-102)97-72-79-133-80-73-97)103-64-54-94(55-65-103)98-74-81-134-82-75-98)89-110(92-111)141-121-40-18-26-48-129(121)145(112-30-8-5-9-31-112,113-32-10-6-11-33-113)130-49-27-19-41-122(130)141/h5-92H,1-4H3. The van der Waals surface area contributed by atoms with E-state index >= 15 is 0 Å². The lowest BCUT2D eigenvalue weighted by molar-refractivity contribution is 1.22. The molecule has 22 aromatic rings. The van der Waals surface area contributed by atoms with Gasteiger partial charge in [0.15, 0.2) is 16.1 Å². The van der Waals surface area contributed by atoms with E-state index in [-0.39, 0.29) is 0 Å². The van der Waals surface area contributed by atoms with Gasteiger partial charge in [-0.3, -0.25) is 19.9 Å². The Balaban J connectivity index is 0.608. The fourth-order valence-corrected chi connectivity index (χ4v) is 40.1. The topological polar surface area (TPSA) is 71.0 Å². The molecule has 0 unspecified atom stereocenters. The number of benzene rings is 18. The molecule has 14 heteroatoms. The van der Waals surface area contributed by atoms with Gasteiger partial charge in [0.2, 0.25) is 0 Å². The Bertz CT molecular complexity index is 8250. The summed E-state index contributed by atoms with van der Waals surface area (Å²) in [4.78, 5) is 33.6. The Hall–Kier alpha value is -17.8. The van der Waals surface area contributed by atoms with E-state index < -0.39 is 32.3 Å². The molecule has 0 spiro atoms. The lowest BCUT2D eigenvalue weighted by Gasteiger charge is -2.46. The first-order valence-electron chi connectivity index (χ1n) is 50.2. The third-order valence-corrected chi connectivity index (χ3v) is 47.5. The Kier molecular flexibility index (Phi) is 22.0. The van der Waals surface area contributed by atoms with Gasteiger partial charge in [-0.05, 0) is 289 Å². The Morgan fingerprint density at radius 2 is 0.384 bits per heavy atom. The van der Waals surface area contributed by atoms with Crippen molar-refractivity contribution in [1.29, 1.82) is 0 Å². The maximum Gasteiger partial charge on any atom is 0.184 e. The van der Waals surface area contributed by atoms with Crippen molar-refractivity contribution in [2.24, 2.45) is 0 Å². The molecule has 0 saturated heterocycles. The fraction of sp³-hybridized carbons (Fsp3) is 0.0303. The summed E-state index contributed by atoms with van der Waals surface area (Å²) in [7, 11) is -10.8.